The number of nitrogens with one attached hydrogen (secondary N) is 3. The molecule has 0 aromatic heterocycles. The van der Waals surface area contributed by atoms with Crippen LogP contribution in [0.3, 0.4) is 0 Å². The van der Waals surface area contributed by atoms with E-state index in [9.17, 15) is 14.4 Å². The monoisotopic (exact) mass is 431 g/mol. The zero-order valence-corrected chi connectivity index (χ0v) is 17.6. The summed E-state index contributed by atoms with van der Waals surface area (Å²) in [6.07, 6.45) is 0.979. The van der Waals surface area contributed by atoms with Gasteiger partial charge in [0.15, 0.2) is 0 Å². The SMILES string of the molecule is CCCNC(=O)c1ccc(NC(=O)CCCNC(=O)OCc2ccccc2)cc1Cl. The van der Waals surface area contributed by atoms with Gasteiger partial charge in [0.05, 0.1) is 10.6 Å². The Morgan fingerprint density at radius 3 is 2.47 bits per heavy atom. The first-order valence-corrected chi connectivity index (χ1v) is 10.2. The van der Waals surface area contributed by atoms with Gasteiger partial charge in [-0.05, 0) is 36.6 Å². The summed E-state index contributed by atoms with van der Waals surface area (Å²) in [6, 6.07) is 14.1. The van der Waals surface area contributed by atoms with Crippen LogP contribution in [0.15, 0.2) is 48.5 Å². The molecule has 0 atom stereocenters. The standard InChI is InChI=1S/C22H26ClN3O4/c1-2-12-24-21(28)18-11-10-17(14-19(18)23)26-20(27)9-6-13-25-22(29)30-15-16-7-4-3-5-8-16/h3-5,7-8,10-11,14H,2,6,9,12-13,15H2,1H3,(H,24,28)(H,25,29)(H,26,27). The Morgan fingerprint density at radius 2 is 1.77 bits per heavy atom. The highest BCUT2D eigenvalue weighted by Gasteiger charge is 2.11. The second-order valence-corrected chi connectivity index (χ2v) is 7.00. The molecule has 8 heteroatoms. The van der Waals surface area contributed by atoms with Gasteiger partial charge in [-0.2, -0.15) is 0 Å². The summed E-state index contributed by atoms with van der Waals surface area (Å²) in [7, 11) is 0. The Balaban J connectivity index is 1.67. The number of amides is 3. The smallest absolute Gasteiger partial charge is 0.407 e. The molecule has 0 saturated carbocycles. The molecule has 7 nitrogen and oxygen atoms in total. The third-order valence-electron chi connectivity index (χ3n) is 4.10. The lowest BCUT2D eigenvalue weighted by atomic mass is 10.2. The van der Waals surface area contributed by atoms with E-state index in [0.717, 1.165) is 12.0 Å². The van der Waals surface area contributed by atoms with Crippen LogP contribution in [0.1, 0.15) is 42.1 Å². The summed E-state index contributed by atoms with van der Waals surface area (Å²) in [6.45, 7) is 3.05. The maximum Gasteiger partial charge on any atom is 0.407 e. The Bertz CT molecular complexity index is 859. The normalized spacial score (nSPS) is 10.2. The zero-order valence-electron chi connectivity index (χ0n) is 16.9. The molecule has 0 fully saturated rings. The number of carbonyl (C=O) groups excluding carboxylic acids is 3. The molecule has 0 aliphatic heterocycles. The summed E-state index contributed by atoms with van der Waals surface area (Å²) < 4.78 is 5.10. The van der Waals surface area contributed by atoms with Crippen molar-refractivity contribution in [3.8, 4) is 0 Å². The van der Waals surface area contributed by atoms with Gasteiger partial charge in [0.25, 0.3) is 5.91 Å². The summed E-state index contributed by atoms with van der Waals surface area (Å²) in [5.74, 6) is -0.460. The second kappa shape index (κ2) is 12.5. The van der Waals surface area contributed by atoms with Gasteiger partial charge >= 0.3 is 6.09 Å². The molecule has 160 valence electrons. The van der Waals surface area contributed by atoms with Crippen molar-refractivity contribution in [1.29, 1.82) is 0 Å². The lowest BCUT2D eigenvalue weighted by molar-refractivity contribution is -0.116. The minimum absolute atomic E-state index is 0.195. The van der Waals surface area contributed by atoms with E-state index < -0.39 is 6.09 Å². The molecule has 0 saturated heterocycles. The molecule has 3 N–H and O–H groups in total. The molecule has 2 rings (SSSR count). The minimum Gasteiger partial charge on any atom is -0.445 e. The number of ether oxygens (including phenoxy) is 1. The van der Waals surface area contributed by atoms with Gasteiger partial charge in [-0.1, -0.05) is 48.9 Å². The zero-order chi connectivity index (χ0) is 21.8. The Hall–Kier alpha value is -3.06. The quantitative estimate of drug-likeness (QED) is 0.493. The molecule has 2 aromatic carbocycles. The van der Waals surface area contributed by atoms with Crippen LogP contribution >= 0.6 is 11.6 Å². The first kappa shape index (κ1) is 23.2. The minimum atomic E-state index is -0.525. The summed E-state index contributed by atoms with van der Waals surface area (Å²) in [5.41, 5.74) is 1.77. The van der Waals surface area contributed by atoms with Gasteiger partial charge in [-0.3, -0.25) is 9.59 Å². The van der Waals surface area contributed by atoms with Crippen molar-refractivity contribution in [3.63, 3.8) is 0 Å². The van der Waals surface area contributed by atoms with Gasteiger partial charge in [-0.25, -0.2) is 4.79 Å². The number of halogens is 1. The third kappa shape index (κ3) is 8.13. The third-order valence-corrected chi connectivity index (χ3v) is 4.41. The summed E-state index contributed by atoms with van der Waals surface area (Å²) >= 11 is 6.15. The summed E-state index contributed by atoms with van der Waals surface area (Å²) in [4.78, 5) is 35.7. The highest BCUT2D eigenvalue weighted by molar-refractivity contribution is 6.34. The van der Waals surface area contributed by atoms with E-state index in [-0.39, 0.29) is 29.9 Å². The van der Waals surface area contributed by atoms with Crippen LogP contribution in [0.2, 0.25) is 5.02 Å². The van der Waals surface area contributed by atoms with E-state index in [4.69, 9.17) is 16.3 Å². The summed E-state index contributed by atoms with van der Waals surface area (Å²) in [5, 5.41) is 8.36. The average Bonchev–Trinajstić information content (AvgIpc) is 2.74. The molecule has 0 aliphatic carbocycles. The number of hydrogen-bond donors (Lipinski definition) is 3. The largest absolute Gasteiger partial charge is 0.445 e. The number of benzene rings is 2. The maximum atomic E-state index is 12.1. The molecule has 0 bridgehead atoms. The van der Waals surface area contributed by atoms with Gasteiger partial charge in [0, 0.05) is 25.2 Å². The van der Waals surface area contributed by atoms with Crippen molar-refractivity contribution < 1.29 is 19.1 Å². The van der Waals surface area contributed by atoms with E-state index in [1.54, 1.807) is 18.2 Å². The van der Waals surface area contributed by atoms with Crippen LogP contribution in [0.25, 0.3) is 0 Å². The Morgan fingerprint density at radius 1 is 1.00 bits per heavy atom. The van der Waals surface area contributed by atoms with Gasteiger partial charge in [0.1, 0.15) is 6.61 Å². The maximum absolute atomic E-state index is 12.1. The van der Waals surface area contributed by atoms with Crippen LogP contribution in [0.4, 0.5) is 10.5 Å². The lowest BCUT2D eigenvalue weighted by Gasteiger charge is -2.10. The van der Waals surface area contributed by atoms with E-state index in [2.05, 4.69) is 16.0 Å². The number of hydrogen-bond acceptors (Lipinski definition) is 4. The van der Waals surface area contributed by atoms with E-state index in [1.165, 1.54) is 0 Å². The predicted octanol–water partition coefficient (Wildman–Crippen LogP) is 4.12. The predicted molar refractivity (Wildman–Crippen MR) is 117 cm³/mol. The number of alkyl carbamates (subject to hydrolysis) is 1. The fourth-order valence-electron chi connectivity index (χ4n) is 2.55. The van der Waals surface area contributed by atoms with E-state index in [0.29, 0.717) is 30.8 Å². The van der Waals surface area contributed by atoms with Crippen molar-refractivity contribution in [1.82, 2.24) is 10.6 Å². The van der Waals surface area contributed by atoms with Crippen LogP contribution in [0, 0.1) is 0 Å². The van der Waals surface area contributed by atoms with Crippen LogP contribution in [0.5, 0.6) is 0 Å². The van der Waals surface area contributed by atoms with Gasteiger partial charge in [-0.15, -0.1) is 0 Å². The van der Waals surface area contributed by atoms with Gasteiger partial charge in [0.2, 0.25) is 5.91 Å². The van der Waals surface area contributed by atoms with Crippen molar-refractivity contribution in [2.24, 2.45) is 0 Å². The lowest BCUT2D eigenvalue weighted by Crippen LogP contribution is -2.26. The fraction of sp³-hybridized carbons (Fsp3) is 0.318. The molecule has 0 radical (unpaired) electrons. The van der Waals surface area contributed by atoms with Crippen LogP contribution in [-0.2, 0) is 16.1 Å². The molecule has 30 heavy (non-hydrogen) atoms. The Labute approximate surface area is 181 Å². The highest BCUT2D eigenvalue weighted by Crippen LogP contribution is 2.21. The number of carbonyl (C=O) groups is 3. The van der Waals surface area contributed by atoms with Gasteiger partial charge < -0.3 is 20.7 Å². The first-order valence-electron chi connectivity index (χ1n) is 9.81. The second-order valence-electron chi connectivity index (χ2n) is 6.59. The fourth-order valence-corrected chi connectivity index (χ4v) is 2.81. The van der Waals surface area contributed by atoms with Crippen molar-refractivity contribution in [2.45, 2.75) is 32.8 Å². The van der Waals surface area contributed by atoms with Crippen LogP contribution in [-0.4, -0.2) is 31.0 Å². The van der Waals surface area contributed by atoms with E-state index in [1.807, 2.05) is 37.3 Å². The first-order chi connectivity index (χ1) is 14.5. The number of anilines is 1. The molecule has 0 heterocycles. The molecular weight excluding hydrogens is 406 g/mol. The molecule has 3 amide bonds. The van der Waals surface area contributed by atoms with Crippen molar-refractivity contribution in [3.05, 3.63) is 64.7 Å². The topological polar surface area (TPSA) is 96.5 Å². The van der Waals surface area contributed by atoms with E-state index >= 15 is 0 Å². The van der Waals surface area contributed by atoms with Crippen LogP contribution < -0.4 is 16.0 Å². The molecule has 0 aliphatic rings. The molecular formula is C22H26ClN3O4. The average molecular weight is 432 g/mol. The molecule has 2 aromatic rings. The molecule has 0 unspecified atom stereocenters. The van der Waals surface area contributed by atoms with Crippen molar-refractivity contribution in [2.75, 3.05) is 18.4 Å². The number of rotatable bonds is 10. The molecule has 0 spiro atoms. The highest BCUT2D eigenvalue weighted by atomic mass is 35.5. The Kier molecular flexibility index (Phi) is 9.67. The van der Waals surface area contributed by atoms with Crippen molar-refractivity contribution >= 4 is 35.2 Å².